The number of anilines is 1. The highest BCUT2D eigenvalue weighted by Crippen LogP contribution is 2.24. The number of nitrogens with zero attached hydrogens (tertiary/aromatic N) is 1. The number of hydrogen-bond acceptors (Lipinski definition) is 5. The number of carbonyl (C=O) groups is 2. The Balaban J connectivity index is 0.00000107. The second-order valence-corrected chi connectivity index (χ2v) is 8.23. The van der Waals surface area contributed by atoms with Gasteiger partial charge in [-0.3, -0.25) is 9.36 Å². The van der Waals surface area contributed by atoms with Crippen LogP contribution in [0, 0.1) is 0 Å². The number of thiocarbonyl (C=S) groups is 1. The number of nitrogens with one attached hydrogen (secondary N) is 1. The van der Waals surface area contributed by atoms with E-state index in [1.54, 1.807) is 33.8 Å². The number of fused-ring (bicyclic) bond motifs is 1. The highest BCUT2D eigenvalue weighted by atomic mass is 32.1. The van der Waals surface area contributed by atoms with Gasteiger partial charge in [0.25, 0.3) is 0 Å². The molecule has 31 heavy (non-hydrogen) atoms. The third kappa shape index (κ3) is 7.01. The number of ketones is 1. The molecule has 0 fully saturated rings. The zero-order chi connectivity index (χ0) is 23.0. The molecule has 7 heteroatoms. The number of aliphatic hydroxyl groups excluding tert-OH is 1. The first-order valence-corrected chi connectivity index (χ1v) is 10.4. The predicted octanol–water partition coefficient (Wildman–Crippen LogP) is 5.44. The van der Waals surface area contributed by atoms with Crippen molar-refractivity contribution in [3.8, 4) is 0 Å². The fourth-order valence-electron chi connectivity index (χ4n) is 2.83. The van der Waals surface area contributed by atoms with Crippen LogP contribution in [0.2, 0.25) is 0 Å². The van der Waals surface area contributed by atoms with Crippen molar-refractivity contribution in [2.75, 3.05) is 11.9 Å². The van der Waals surface area contributed by atoms with Gasteiger partial charge in [0.1, 0.15) is 5.60 Å². The molecule has 0 saturated heterocycles. The third-order valence-electron chi connectivity index (χ3n) is 3.98. The van der Waals surface area contributed by atoms with E-state index in [0.29, 0.717) is 21.5 Å². The van der Waals surface area contributed by atoms with E-state index in [1.807, 2.05) is 48.5 Å². The van der Waals surface area contributed by atoms with Crippen molar-refractivity contribution >= 4 is 45.7 Å². The summed E-state index contributed by atoms with van der Waals surface area (Å²) in [5.41, 5.74) is 1.27. The van der Waals surface area contributed by atoms with Crippen molar-refractivity contribution in [2.24, 2.45) is 0 Å². The van der Waals surface area contributed by atoms with Gasteiger partial charge in [-0.2, -0.15) is 0 Å². The van der Waals surface area contributed by atoms with Gasteiger partial charge < -0.3 is 15.2 Å². The van der Waals surface area contributed by atoms with Crippen molar-refractivity contribution in [1.29, 1.82) is 0 Å². The van der Waals surface area contributed by atoms with Crippen LogP contribution in [0.15, 0.2) is 60.8 Å². The predicted molar refractivity (Wildman–Crippen MR) is 128 cm³/mol. The smallest absolute Gasteiger partial charge is 0.419 e. The zero-order valence-corrected chi connectivity index (χ0v) is 19.0. The molecule has 0 radical (unpaired) electrons. The fraction of sp³-hybridized carbons (Fsp3) is 0.292. The van der Waals surface area contributed by atoms with Crippen LogP contribution in [-0.4, -0.2) is 38.7 Å². The van der Waals surface area contributed by atoms with Crippen LogP contribution in [0.3, 0.4) is 0 Å². The Kier molecular flexibility index (Phi) is 8.47. The molecule has 0 unspecified atom stereocenters. The maximum Gasteiger partial charge on any atom is 0.419 e. The standard InChI is InChI=1S/C22H22N2O3S.C2H6O/c1-22(2,3)27-21(26)24-14-17(16-11-7-8-12-18(16)24)19(25)13-20(28)23-15-9-5-4-6-10-15;1-2-3/h4-12,14H,13H2,1-3H3,(H,23,28);3H,2H2,1H3. The number of benzene rings is 2. The quantitative estimate of drug-likeness (QED) is 0.416. The number of para-hydroxylation sites is 2. The average molecular weight is 441 g/mol. The summed E-state index contributed by atoms with van der Waals surface area (Å²) in [6.07, 6.45) is 1.06. The molecule has 0 aliphatic carbocycles. The van der Waals surface area contributed by atoms with E-state index < -0.39 is 11.7 Å². The van der Waals surface area contributed by atoms with Crippen molar-refractivity contribution in [1.82, 2.24) is 4.57 Å². The second-order valence-electron chi connectivity index (χ2n) is 7.74. The van der Waals surface area contributed by atoms with Crippen LogP contribution in [0.5, 0.6) is 0 Å². The molecule has 164 valence electrons. The molecule has 0 aliphatic heterocycles. The average Bonchev–Trinajstić information content (AvgIpc) is 3.08. The molecule has 0 amide bonds. The lowest BCUT2D eigenvalue weighted by molar-refractivity contribution is 0.0544. The number of aliphatic hydroxyl groups is 1. The van der Waals surface area contributed by atoms with E-state index in [0.717, 1.165) is 5.69 Å². The fourth-order valence-corrected chi connectivity index (χ4v) is 3.08. The van der Waals surface area contributed by atoms with Crippen LogP contribution in [0.25, 0.3) is 10.9 Å². The van der Waals surface area contributed by atoms with E-state index in [-0.39, 0.29) is 18.8 Å². The Hall–Kier alpha value is -3.03. The van der Waals surface area contributed by atoms with E-state index in [1.165, 1.54) is 10.8 Å². The van der Waals surface area contributed by atoms with Gasteiger partial charge in [-0.1, -0.05) is 48.6 Å². The molecule has 1 heterocycles. The highest BCUT2D eigenvalue weighted by molar-refractivity contribution is 7.80. The van der Waals surface area contributed by atoms with E-state index >= 15 is 0 Å². The Bertz CT molecular complexity index is 1050. The highest BCUT2D eigenvalue weighted by Gasteiger charge is 2.23. The normalized spacial score (nSPS) is 10.7. The summed E-state index contributed by atoms with van der Waals surface area (Å²) in [4.78, 5) is 25.9. The summed E-state index contributed by atoms with van der Waals surface area (Å²) in [7, 11) is 0. The SMILES string of the molecule is CC(C)(C)OC(=O)n1cc(C(=O)CC(=S)Nc2ccccc2)c2ccccc21.CCO. The van der Waals surface area contributed by atoms with Crippen LogP contribution in [0.1, 0.15) is 44.5 Å². The van der Waals surface area contributed by atoms with E-state index in [9.17, 15) is 9.59 Å². The summed E-state index contributed by atoms with van der Waals surface area (Å²) in [5.74, 6) is -0.160. The Morgan fingerprint density at radius 1 is 1.06 bits per heavy atom. The monoisotopic (exact) mass is 440 g/mol. The van der Waals surface area contributed by atoms with Crippen LogP contribution in [-0.2, 0) is 4.74 Å². The van der Waals surface area contributed by atoms with Gasteiger partial charge in [0.2, 0.25) is 0 Å². The molecule has 2 aromatic carbocycles. The van der Waals surface area contributed by atoms with Gasteiger partial charge in [-0.25, -0.2) is 4.79 Å². The molecule has 6 nitrogen and oxygen atoms in total. The molecule has 3 rings (SSSR count). The first kappa shape index (κ1) is 24.2. The second kappa shape index (κ2) is 10.8. The van der Waals surface area contributed by atoms with Crippen LogP contribution < -0.4 is 5.32 Å². The van der Waals surface area contributed by atoms with Crippen molar-refractivity contribution in [2.45, 2.75) is 39.7 Å². The molecule has 3 aromatic rings. The third-order valence-corrected chi connectivity index (χ3v) is 4.23. The van der Waals surface area contributed by atoms with Gasteiger partial charge >= 0.3 is 6.09 Å². The number of aromatic nitrogens is 1. The minimum Gasteiger partial charge on any atom is -0.443 e. The summed E-state index contributed by atoms with van der Waals surface area (Å²) < 4.78 is 6.84. The lowest BCUT2D eigenvalue weighted by Crippen LogP contribution is -2.26. The summed E-state index contributed by atoms with van der Waals surface area (Å²) in [6.45, 7) is 7.34. The molecule has 0 saturated carbocycles. The lowest BCUT2D eigenvalue weighted by Gasteiger charge is -2.19. The van der Waals surface area contributed by atoms with E-state index in [4.69, 9.17) is 22.1 Å². The number of Topliss-reactive ketones (excluding diaryl/α,β-unsaturated/α-hetero) is 1. The van der Waals surface area contributed by atoms with Crippen molar-refractivity contribution in [3.63, 3.8) is 0 Å². The first-order valence-electron chi connectivity index (χ1n) is 9.98. The lowest BCUT2D eigenvalue weighted by atomic mass is 10.1. The number of carbonyl (C=O) groups excluding carboxylic acids is 2. The molecule has 0 spiro atoms. The number of ether oxygens (including phenoxy) is 1. The summed E-state index contributed by atoms with van der Waals surface area (Å²) in [5, 5.41) is 11.3. The van der Waals surface area contributed by atoms with Crippen LogP contribution in [0.4, 0.5) is 10.5 Å². The minimum atomic E-state index is -0.631. The van der Waals surface area contributed by atoms with E-state index in [2.05, 4.69) is 5.32 Å². The van der Waals surface area contributed by atoms with Gasteiger partial charge in [0.05, 0.1) is 16.9 Å². The summed E-state index contributed by atoms with van der Waals surface area (Å²) in [6, 6.07) is 16.7. The van der Waals surface area contributed by atoms with Crippen molar-refractivity contribution < 1.29 is 19.4 Å². The van der Waals surface area contributed by atoms with Gasteiger partial charge in [0.15, 0.2) is 5.78 Å². The largest absolute Gasteiger partial charge is 0.443 e. The Morgan fingerprint density at radius 3 is 2.26 bits per heavy atom. The van der Waals surface area contributed by atoms with Crippen molar-refractivity contribution in [3.05, 3.63) is 66.4 Å². The first-order chi connectivity index (χ1) is 14.7. The van der Waals surface area contributed by atoms with Crippen LogP contribution >= 0.6 is 12.2 Å². The van der Waals surface area contributed by atoms with Gasteiger partial charge in [-0.15, -0.1) is 0 Å². The minimum absolute atomic E-state index is 0.0482. The molecule has 1 aromatic heterocycles. The zero-order valence-electron chi connectivity index (χ0n) is 18.2. The molecular weight excluding hydrogens is 412 g/mol. The van der Waals surface area contributed by atoms with Gasteiger partial charge in [0, 0.05) is 29.4 Å². The van der Waals surface area contributed by atoms with Gasteiger partial charge in [-0.05, 0) is 45.9 Å². The maximum atomic E-state index is 12.9. The maximum absolute atomic E-state index is 12.9. The number of rotatable bonds is 4. The molecule has 0 atom stereocenters. The molecule has 0 bridgehead atoms. The molecule has 0 aliphatic rings. The molecule has 2 N–H and O–H groups in total. The summed E-state index contributed by atoms with van der Waals surface area (Å²) >= 11 is 5.33. The number of hydrogen-bond donors (Lipinski definition) is 2. The Morgan fingerprint density at radius 2 is 1.65 bits per heavy atom. The molecular formula is C24H28N2O4S. The Labute approximate surface area is 187 Å². The topological polar surface area (TPSA) is 80.6 Å².